The van der Waals surface area contributed by atoms with Gasteiger partial charge < -0.3 is 0 Å². The summed E-state index contributed by atoms with van der Waals surface area (Å²) in [7, 11) is 0. The van der Waals surface area contributed by atoms with Crippen molar-refractivity contribution in [1.29, 1.82) is 0 Å². The molecule has 1 unspecified atom stereocenters. The van der Waals surface area contributed by atoms with Crippen LogP contribution in [0, 0.1) is 13.8 Å². The van der Waals surface area contributed by atoms with Crippen LogP contribution in [-0.2, 0) is 0 Å². The fourth-order valence-corrected chi connectivity index (χ4v) is 3.11. The van der Waals surface area contributed by atoms with Gasteiger partial charge in [0.15, 0.2) is 0 Å². The second-order valence-corrected chi connectivity index (χ2v) is 6.12. The molecule has 0 radical (unpaired) electrons. The summed E-state index contributed by atoms with van der Waals surface area (Å²) in [4.78, 5) is 0. The molecule has 94 valence electrons. The summed E-state index contributed by atoms with van der Waals surface area (Å²) in [5.74, 6) is 0. The highest BCUT2D eigenvalue weighted by molar-refractivity contribution is 9.10. The number of rotatable bonds is 2. The van der Waals surface area contributed by atoms with Gasteiger partial charge in [0.25, 0.3) is 0 Å². The molecule has 0 amide bonds. The number of aryl methyl sites for hydroxylation is 2. The number of hydrogen-bond acceptors (Lipinski definition) is 0. The Morgan fingerprint density at radius 1 is 1.00 bits per heavy atom. The molecule has 0 nitrogen and oxygen atoms in total. The van der Waals surface area contributed by atoms with E-state index in [1.165, 1.54) is 11.1 Å². The van der Waals surface area contributed by atoms with E-state index in [0.717, 1.165) is 15.6 Å². The van der Waals surface area contributed by atoms with E-state index in [0.29, 0.717) is 5.02 Å². The quantitative estimate of drug-likeness (QED) is 0.582. The lowest BCUT2D eigenvalue weighted by molar-refractivity contribution is 1.09. The first-order valence-electron chi connectivity index (χ1n) is 5.65. The fraction of sp³-hybridized carbons (Fsp3) is 0.200. The van der Waals surface area contributed by atoms with Gasteiger partial charge in [0.2, 0.25) is 0 Å². The van der Waals surface area contributed by atoms with E-state index in [-0.39, 0.29) is 5.38 Å². The first-order valence-corrected chi connectivity index (χ1v) is 7.26. The maximum atomic E-state index is 6.60. The van der Waals surface area contributed by atoms with Crippen LogP contribution in [0.5, 0.6) is 0 Å². The lowest BCUT2D eigenvalue weighted by atomic mass is 9.98. The summed E-state index contributed by atoms with van der Waals surface area (Å²) in [6.45, 7) is 4.14. The van der Waals surface area contributed by atoms with Gasteiger partial charge in [-0.25, -0.2) is 0 Å². The van der Waals surface area contributed by atoms with Gasteiger partial charge in [-0.2, -0.15) is 0 Å². The molecule has 0 heterocycles. The predicted octanol–water partition coefficient (Wildman–Crippen LogP) is 6.05. The lowest BCUT2D eigenvalue weighted by Crippen LogP contribution is -1.98. The molecule has 0 spiro atoms. The molecule has 18 heavy (non-hydrogen) atoms. The topological polar surface area (TPSA) is 0 Å². The largest absolute Gasteiger partial charge is 0.113 e. The molecule has 0 aliphatic rings. The summed E-state index contributed by atoms with van der Waals surface area (Å²) >= 11 is 16.2. The van der Waals surface area contributed by atoms with E-state index in [9.17, 15) is 0 Å². The van der Waals surface area contributed by atoms with E-state index < -0.39 is 0 Å². The Morgan fingerprint density at radius 2 is 1.72 bits per heavy atom. The summed E-state index contributed by atoms with van der Waals surface area (Å²) in [5, 5.41) is 0.502. The van der Waals surface area contributed by atoms with Crippen LogP contribution >= 0.6 is 39.1 Å². The predicted molar refractivity (Wildman–Crippen MR) is 82.8 cm³/mol. The Balaban J connectivity index is 2.50. The Labute approximate surface area is 126 Å². The molecule has 0 saturated heterocycles. The molecular formula is C15H13BrCl2. The zero-order valence-electron chi connectivity index (χ0n) is 10.2. The average Bonchev–Trinajstić information content (AvgIpc) is 2.34. The van der Waals surface area contributed by atoms with Crippen LogP contribution in [-0.4, -0.2) is 0 Å². The van der Waals surface area contributed by atoms with Crippen molar-refractivity contribution in [1.82, 2.24) is 0 Å². The van der Waals surface area contributed by atoms with Crippen LogP contribution in [0.4, 0.5) is 0 Å². The van der Waals surface area contributed by atoms with E-state index in [4.69, 9.17) is 23.2 Å². The maximum absolute atomic E-state index is 6.60. The van der Waals surface area contributed by atoms with Gasteiger partial charge in [-0.3, -0.25) is 0 Å². The first-order chi connectivity index (χ1) is 8.49. The van der Waals surface area contributed by atoms with Crippen LogP contribution in [0.3, 0.4) is 0 Å². The van der Waals surface area contributed by atoms with Gasteiger partial charge in [-0.1, -0.05) is 51.3 Å². The van der Waals surface area contributed by atoms with Crippen molar-refractivity contribution in [2.45, 2.75) is 19.2 Å². The summed E-state index contributed by atoms with van der Waals surface area (Å²) in [6.07, 6.45) is 0. The number of benzene rings is 2. The molecule has 0 saturated carbocycles. The van der Waals surface area contributed by atoms with Gasteiger partial charge in [0.05, 0.1) is 5.38 Å². The minimum atomic E-state index is -0.196. The first kappa shape index (κ1) is 13.9. The molecule has 2 rings (SSSR count). The van der Waals surface area contributed by atoms with Gasteiger partial charge in [0.1, 0.15) is 0 Å². The molecule has 2 aromatic rings. The second kappa shape index (κ2) is 5.64. The van der Waals surface area contributed by atoms with Gasteiger partial charge in [0, 0.05) is 9.50 Å². The van der Waals surface area contributed by atoms with Crippen molar-refractivity contribution >= 4 is 39.1 Å². The third kappa shape index (κ3) is 2.90. The third-order valence-electron chi connectivity index (χ3n) is 2.94. The molecule has 0 aromatic heterocycles. The smallest absolute Gasteiger partial charge is 0.0849 e. The van der Waals surface area contributed by atoms with Crippen LogP contribution in [0.15, 0.2) is 40.9 Å². The molecule has 1 atom stereocenters. The van der Waals surface area contributed by atoms with Crippen LogP contribution < -0.4 is 0 Å². The van der Waals surface area contributed by atoms with E-state index in [2.05, 4.69) is 48.0 Å². The molecule has 0 N–H and O–H groups in total. The fourth-order valence-electron chi connectivity index (χ4n) is 1.91. The zero-order chi connectivity index (χ0) is 13.3. The molecule has 3 heteroatoms. The number of hydrogen-bond donors (Lipinski definition) is 0. The number of halogens is 3. The lowest BCUT2D eigenvalue weighted by Gasteiger charge is -2.16. The van der Waals surface area contributed by atoms with Gasteiger partial charge in [-0.05, 0) is 48.7 Å². The second-order valence-electron chi connectivity index (χ2n) is 4.39. The van der Waals surface area contributed by atoms with Crippen LogP contribution in [0.2, 0.25) is 5.02 Å². The third-order valence-corrected chi connectivity index (χ3v) is 4.37. The Kier molecular flexibility index (Phi) is 4.37. The molecule has 0 aliphatic carbocycles. The van der Waals surface area contributed by atoms with E-state index >= 15 is 0 Å². The van der Waals surface area contributed by atoms with Crippen molar-refractivity contribution in [2.75, 3.05) is 0 Å². The minimum absolute atomic E-state index is 0.196. The van der Waals surface area contributed by atoms with Crippen molar-refractivity contribution < 1.29 is 0 Å². The Morgan fingerprint density at radius 3 is 2.44 bits per heavy atom. The maximum Gasteiger partial charge on any atom is 0.0849 e. The van der Waals surface area contributed by atoms with E-state index in [1.807, 2.05) is 18.2 Å². The highest BCUT2D eigenvalue weighted by Crippen LogP contribution is 2.36. The SMILES string of the molecule is Cc1ccc(C)c(C(Cl)c2cc(Cl)ccc2Br)c1. The monoisotopic (exact) mass is 342 g/mol. The number of alkyl halides is 1. The standard InChI is InChI=1S/C15H13BrCl2/c1-9-3-4-10(2)12(7-9)15(18)13-8-11(17)5-6-14(13)16/h3-8,15H,1-2H3. The van der Waals surface area contributed by atoms with Crippen molar-refractivity contribution in [3.63, 3.8) is 0 Å². The van der Waals surface area contributed by atoms with Gasteiger partial charge in [-0.15, -0.1) is 11.6 Å². The Bertz CT molecular complexity index is 527. The molecular weight excluding hydrogens is 331 g/mol. The van der Waals surface area contributed by atoms with E-state index in [1.54, 1.807) is 0 Å². The summed E-state index contributed by atoms with van der Waals surface area (Å²) in [5.41, 5.74) is 4.52. The van der Waals surface area contributed by atoms with Crippen LogP contribution in [0.1, 0.15) is 27.6 Å². The molecule has 2 aromatic carbocycles. The average molecular weight is 344 g/mol. The molecule has 0 bridgehead atoms. The summed E-state index contributed by atoms with van der Waals surface area (Å²) < 4.78 is 0.979. The molecule has 0 aliphatic heterocycles. The summed E-state index contributed by atoms with van der Waals surface area (Å²) in [6, 6.07) is 12.0. The van der Waals surface area contributed by atoms with Crippen molar-refractivity contribution in [2.24, 2.45) is 0 Å². The minimum Gasteiger partial charge on any atom is -0.113 e. The van der Waals surface area contributed by atoms with Crippen molar-refractivity contribution in [3.05, 3.63) is 68.1 Å². The van der Waals surface area contributed by atoms with Crippen LogP contribution in [0.25, 0.3) is 0 Å². The zero-order valence-corrected chi connectivity index (χ0v) is 13.3. The highest BCUT2D eigenvalue weighted by atomic mass is 79.9. The highest BCUT2D eigenvalue weighted by Gasteiger charge is 2.16. The Hall–Kier alpha value is -0.500. The normalized spacial score (nSPS) is 12.5. The molecule has 0 fully saturated rings. The van der Waals surface area contributed by atoms with Gasteiger partial charge >= 0.3 is 0 Å². The van der Waals surface area contributed by atoms with Crippen molar-refractivity contribution in [3.8, 4) is 0 Å².